The molecule has 3 aromatic heterocycles. The molecular formula is C12H11N5O. The van der Waals surface area contributed by atoms with E-state index in [1.165, 1.54) is 0 Å². The number of hydrogen-bond donors (Lipinski definition) is 1. The third kappa shape index (κ3) is 1.67. The molecule has 2 N–H and O–H groups in total. The summed E-state index contributed by atoms with van der Waals surface area (Å²) >= 11 is 0. The molecule has 3 aromatic rings. The summed E-state index contributed by atoms with van der Waals surface area (Å²) in [6.07, 6.45) is 4.22. The van der Waals surface area contributed by atoms with Crippen LogP contribution in [0.25, 0.3) is 11.2 Å². The molecule has 0 atom stereocenters. The van der Waals surface area contributed by atoms with Crippen molar-refractivity contribution in [3.8, 4) is 0 Å². The second-order valence-corrected chi connectivity index (χ2v) is 4.06. The van der Waals surface area contributed by atoms with Crippen LogP contribution in [0.4, 0.5) is 5.69 Å². The standard InChI is InChI=1S/C12H11N5O/c1-7-9(5-8-3-2-4-14-6-8)10(13)11-12(15-7)17-18-16-11/h2-4,6H,5,13H2,1H3. The third-order valence-corrected chi connectivity index (χ3v) is 2.87. The largest absolute Gasteiger partial charge is 0.396 e. The molecule has 0 bridgehead atoms. The maximum absolute atomic E-state index is 6.09. The van der Waals surface area contributed by atoms with Crippen LogP contribution in [0.5, 0.6) is 0 Å². The zero-order valence-corrected chi connectivity index (χ0v) is 9.79. The summed E-state index contributed by atoms with van der Waals surface area (Å²) in [5.74, 6) is 0. The van der Waals surface area contributed by atoms with Gasteiger partial charge in [0.05, 0.1) is 5.69 Å². The number of hydrogen-bond acceptors (Lipinski definition) is 6. The topological polar surface area (TPSA) is 90.7 Å². The summed E-state index contributed by atoms with van der Waals surface area (Å²) < 4.78 is 4.65. The number of fused-ring (bicyclic) bond motifs is 1. The van der Waals surface area contributed by atoms with E-state index >= 15 is 0 Å². The molecule has 3 rings (SSSR count). The lowest BCUT2D eigenvalue weighted by atomic mass is 10.0. The van der Waals surface area contributed by atoms with Gasteiger partial charge in [-0.15, -0.1) is 0 Å². The van der Waals surface area contributed by atoms with Crippen LogP contribution < -0.4 is 5.73 Å². The van der Waals surface area contributed by atoms with E-state index in [4.69, 9.17) is 5.73 Å². The predicted octanol–water partition coefficient (Wildman–Crippen LogP) is 1.49. The van der Waals surface area contributed by atoms with Crippen molar-refractivity contribution in [1.29, 1.82) is 0 Å². The van der Waals surface area contributed by atoms with E-state index in [0.29, 0.717) is 23.3 Å². The molecule has 0 unspecified atom stereocenters. The first-order chi connectivity index (χ1) is 8.75. The third-order valence-electron chi connectivity index (χ3n) is 2.87. The van der Waals surface area contributed by atoms with E-state index in [1.54, 1.807) is 6.20 Å². The average Bonchev–Trinajstić information content (AvgIpc) is 2.84. The van der Waals surface area contributed by atoms with Crippen LogP contribution in [-0.2, 0) is 6.42 Å². The van der Waals surface area contributed by atoms with E-state index in [0.717, 1.165) is 16.8 Å². The molecule has 6 heteroatoms. The molecular weight excluding hydrogens is 230 g/mol. The number of rotatable bonds is 2. The van der Waals surface area contributed by atoms with Gasteiger partial charge in [-0.1, -0.05) is 6.07 Å². The number of aryl methyl sites for hydroxylation is 1. The van der Waals surface area contributed by atoms with Gasteiger partial charge in [-0.2, -0.15) is 0 Å². The molecule has 18 heavy (non-hydrogen) atoms. The molecule has 0 amide bonds. The van der Waals surface area contributed by atoms with Gasteiger partial charge in [0, 0.05) is 30.1 Å². The lowest BCUT2D eigenvalue weighted by Gasteiger charge is -2.08. The molecule has 6 nitrogen and oxygen atoms in total. The van der Waals surface area contributed by atoms with Crippen molar-refractivity contribution in [3.05, 3.63) is 41.3 Å². The fourth-order valence-electron chi connectivity index (χ4n) is 1.92. The lowest BCUT2D eigenvalue weighted by molar-refractivity contribution is 0.315. The fourth-order valence-corrected chi connectivity index (χ4v) is 1.92. The van der Waals surface area contributed by atoms with Crippen LogP contribution >= 0.6 is 0 Å². The Hall–Kier alpha value is -2.50. The Morgan fingerprint density at radius 3 is 3.00 bits per heavy atom. The molecule has 0 aliphatic rings. The van der Waals surface area contributed by atoms with Crippen molar-refractivity contribution < 1.29 is 4.63 Å². The number of nitrogen functional groups attached to an aromatic ring is 1. The normalized spacial score (nSPS) is 10.9. The molecule has 0 aliphatic heterocycles. The second kappa shape index (κ2) is 4.06. The van der Waals surface area contributed by atoms with Gasteiger partial charge in [0.2, 0.25) is 5.65 Å². The first kappa shape index (κ1) is 10.6. The van der Waals surface area contributed by atoms with Crippen molar-refractivity contribution in [1.82, 2.24) is 20.3 Å². The summed E-state index contributed by atoms with van der Waals surface area (Å²) in [7, 11) is 0. The maximum Gasteiger partial charge on any atom is 0.226 e. The van der Waals surface area contributed by atoms with E-state index < -0.39 is 0 Å². The monoisotopic (exact) mass is 241 g/mol. The Kier molecular flexibility index (Phi) is 2.40. The molecule has 0 radical (unpaired) electrons. The summed E-state index contributed by atoms with van der Waals surface area (Å²) in [5, 5.41) is 7.47. The highest BCUT2D eigenvalue weighted by Gasteiger charge is 2.14. The second-order valence-electron chi connectivity index (χ2n) is 4.06. The van der Waals surface area contributed by atoms with Crippen molar-refractivity contribution in [2.45, 2.75) is 13.3 Å². The van der Waals surface area contributed by atoms with Crippen molar-refractivity contribution in [3.63, 3.8) is 0 Å². The first-order valence-corrected chi connectivity index (χ1v) is 5.52. The number of anilines is 1. The molecule has 0 aliphatic carbocycles. The lowest BCUT2D eigenvalue weighted by Crippen LogP contribution is -2.02. The minimum absolute atomic E-state index is 0.444. The first-order valence-electron chi connectivity index (χ1n) is 5.52. The molecule has 90 valence electrons. The smallest absolute Gasteiger partial charge is 0.226 e. The zero-order chi connectivity index (χ0) is 12.5. The SMILES string of the molecule is Cc1nc2nonc2c(N)c1Cc1cccnc1. The summed E-state index contributed by atoms with van der Waals surface area (Å²) in [5.41, 5.74) is 10.5. The molecule has 0 saturated heterocycles. The summed E-state index contributed by atoms with van der Waals surface area (Å²) in [4.78, 5) is 8.41. The number of nitrogens with two attached hydrogens (primary N) is 1. The van der Waals surface area contributed by atoms with Gasteiger partial charge in [-0.25, -0.2) is 9.61 Å². The van der Waals surface area contributed by atoms with Crippen molar-refractivity contribution in [2.75, 3.05) is 5.73 Å². The maximum atomic E-state index is 6.09. The van der Waals surface area contributed by atoms with Crippen LogP contribution in [0.2, 0.25) is 0 Å². The van der Waals surface area contributed by atoms with Crippen LogP contribution in [0, 0.1) is 6.92 Å². The quantitative estimate of drug-likeness (QED) is 0.731. The Morgan fingerprint density at radius 1 is 1.33 bits per heavy atom. The highest BCUT2D eigenvalue weighted by Crippen LogP contribution is 2.25. The molecule has 0 spiro atoms. The zero-order valence-electron chi connectivity index (χ0n) is 9.79. The Balaban J connectivity index is 2.11. The highest BCUT2D eigenvalue weighted by molar-refractivity contribution is 5.85. The van der Waals surface area contributed by atoms with E-state index in [1.807, 2.05) is 25.3 Å². The molecule has 0 aromatic carbocycles. The Bertz CT molecular complexity index is 692. The van der Waals surface area contributed by atoms with Gasteiger partial charge in [0.15, 0.2) is 5.52 Å². The highest BCUT2D eigenvalue weighted by atomic mass is 16.6. The fraction of sp³-hybridized carbons (Fsp3) is 0.167. The van der Waals surface area contributed by atoms with E-state index in [-0.39, 0.29) is 0 Å². The number of pyridine rings is 2. The van der Waals surface area contributed by atoms with Crippen molar-refractivity contribution >= 4 is 16.9 Å². The average molecular weight is 241 g/mol. The van der Waals surface area contributed by atoms with Gasteiger partial charge in [0.25, 0.3) is 0 Å². The molecule has 0 fully saturated rings. The van der Waals surface area contributed by atoms with Crippen LogP contribution in [-0.4, -0.2) is 20.3 Å². The summed E-state index contributed by atoms with van der Waals surface area (Å²) in [6, 6.07) is 3.89. The summed E-state index contributed by atoms with van der Waals surface area (Å²) in [6.45, 7) is 1.90. The Labute approximate surface area is 103 Å². The molecule has 0 saturated carbocycles. The minimum Gasteiger partial charge on any atom is -0.396 e. The number of aromatic nitrogens is 4. The van der Waals surface area contributed by atoms with Gasteiger partial charge in [-0.3, -0.25) is 4.98 Å². The predicted molar refractivity (Wildman–Crippen MR) is 65.8 cm³/mol. The van der Waals surface area contributed by atoms with Gasteiger partial charge < -0.3 is 5.73 Å². The van der Waals surface area contributed by atoms with Gasteiger partial charge in [0.1, 0.15) is 0 Å². The van der Waals surface area contributed by atoms with Crippen LogP contribution in [0.15, 0.2) is 29.2 Å². The molecule has 3 heterocycles. The minimum atomic E-state index is 0.444. The van der Waals surface area contributed by atoms with E-state index in [9.17, 15) is 0 Å². The van der Waals surface area contributed by atoms with Crippen molar-refractivity contribution in [2.24, 2.45) is 0 Å². The van der Waals surface area contributed by atoms with Crippen LogP contribution in [0.3, 0.4) is 0 Å². The van der Waals surface area contributed by atoms with Gasteiger partial charge >= 0.3 is 0 Å². The Morgan fingerprint density at radius 2 is 2.22 bits per heavy atom. The van der Waals surface area contributed by atoms with Crippen LogP contribution in [0.1, 0.15) is 16.8 Å². The van der Waals surface area contributed by atoms with Gasteiger partial charge in [-0.05, 0) is 28.9 Å². The van der Waals surface area contributed by atoms with E-state index in [2.05, 4.69) is 24.9 Å². The number of nitrogens with zero attached hydrogens (tertiary/aromatic N) is 4.